The summed E-state index contributed by atoms with van der Waals surface area (Å²) in [5.41, 5.74) is 0. The second-order valence-electron chi connectivity index (χ2n) is 3.98. The second kappa shape index (κ2) is 8.96. The summed E-state index contributed by atoms with van der Waals surface area (Å²) in [5, 5.41) is 13.1. The van der Waals surface area contributed by atoms with E-state index in [0.29, 0.717) is 0 Å². The lowest BCUT2D eigenvalue weighted by atomic mass is 10.2. The Morgan fingerprint density at radius 1 is 1.33 bits per heavy atom. The smallest absolute Gasteiger partial charge is 0.407 e. The second-order valence-corrected chi connectivity index (χ2v) is 6.50. The summed E-state index contributed by atoms with van der Waals surface area (Å²) in [5.74, 6) is -1.91. The maximum Gasteiger partial charge on any atom is 0.407 e. The van der Waals surface area contributed by atoms with Crippen LogP contribution in [-0.4, -0.2) is 45.6 Å². The molecule has 0 aromatic heterocycles. The zero-order valence-electron chi connectivity index (χ0n) is 11.1. The predicted octanol–water partition coefficient (Wildman–Crippen LogP) is 1.62. The van der Waals surface area contributed by atoms with Crippen molar-refractivity contribution in [2.24, 2.45) is 0 Å². The van der Waals surface area contributed by atoms with Gasteiger partial charge < -0.3 is 20.5 Å². The highest BCUT2D eigenvalue weighted by molar-refractivity contribution is 6.67. The zero-order chi connectivity index (χ0) is 16.6. The molecule has 0 fully saturated rings. The van der Waals surface area contributed by atoms with Crippen LogP contribution in [0.5, 0.6) is 0 Å². The minimum Gasteiger partial charge on any atom is -0.480 e. The molecular formula is C11H15Cl3N2O5. The molecule has 21 heavy (non-hydrogen) atoms. The molecule has 0 aliphatic rings. The summed E-state index contributed by atoms with van der Waals surface area (Å²) in [6.45, 7) is 4.22. The maximum atomic E-state index is 11.8. The molecule has 0 aromatic carbocycles. The minimum absolute atomic E-state index is 0.0705. The molecule has 0 spiro atoms. The van der Waals surface area contributed by atoms with Gasteiger partial charge in [0, 0.05) is 0 Å². The fourth-order valence-corrected chi connectivity index (χ4v) is 1.27. The normalized spacial score (nSPS) is 13.7. The number of hydrogen-bond acceptors (Lipinski definition) is 4. The van der Waals surface area contributed by atoms with Gasteiger partial charge >= 0.3 is 12.1 Å². The highest BCUT2D eigenvalue weighted by Crippen LogP contribution is 2.25. The number of carbonyl (C=O) groups is 3. The van der Waals surface area contributed by atoms with Gasteiger partial charge in [0.15, 0.2) is 0 Å². The largest absolute Gasteiger partial charge is 0.480 e. The number of ether oxygens (including phenoxy) is 1. The molecule has 7 nitrogen and oxygen atoms in total. The van der Waals surface area contributed by atoms with E-state index in [1.165, 1.54) is 13.0 Å². The Morgan fingerprint density at radius 3 is 2.33 bits per heavy atom. The van der Waals surface area contributed by atoms with Crippen LogP contribution in [0.15, 0.2) is 12.7 Å². The van der Waals surface area contributed by atoms with Gasteiger partial charge in [-0.25, -0.2) is 4.79 Å². The summed E-state index contributed by atoms with van der Waals surface area (Å²) in [6, 6.07) is -2.16. The van der Waals surface area contributed by atoms with E-state index in [1.807, 2.05) is 0 Å². The van der Waals surface area contributed by atoms with Gasteiger partial charge in [0.1, 0.15) is 18.7 Å². The van der Waals surface area contributed by atoms with Gasteiger partial charge in [-0.15, -0.1) is 6.58 Å². The van der Waals surface area contributed by atoms with E-state index in [4.69, 9.17) is 39.9 Å². The van der Waals surface area contributed by atoms with Gasteiger partial charge in [-0.05, 0) is 13.3 Å². The van der Waals surface area contributed by atoms with E-state index in [1.54, 1.807) is 0 Å². The van der Waals surface area contributed by atoms with Crippen molar-refractivity contribution in [3.05, 3.63) is 12.7 Å². The molecular weight excluding hydrogens is 346 g/mol. The molecule has 0 aromatic rings. The third-order valence-electron chi connectivity index (χ3n) is 2.11. The Labute approximate surface area is 136 Å². The number of amides is 2. The number of carboxylic acids is 1. The molecule has 0 unspecified atom stereocenters. The third-order valence-corrected chi connectivity index (χ3v) is 2.43. The molecule has 2 atom stereocenters. The van der Waals surface area contributed by atoms with Gasteiger partial charge in [-0.2, -0.15) is 0 Å². The fourth-order valence-electron chi connectivity index (χ4n) is 1.11. The van der Waals surface area contributed by atoms with Crippen LogP contribution in [0.25, 0.3) is 0 Å². The van der Waals surface area contributed by atoms with Crippen LogP contribution in [0.2, 0.25) is 0 Å². The molecule has 0 radical (unpaired) electrons. The number of nitrogens with one attached hydrogen (secondary N) is 2. The molecule has 3 N–H and O–H groups in total. The van der Waals surface area contributed by atoms with E-state index >= 15 is 0 Å². The monoisotopic (exact) mass is 360 g/mol. The lowest BCUT2D eigenvalue weighted by molar-refractivity contribution is -0.141. The first-order valence-corrected chi connectivity index (χ1v) is 6.84. The summed E-state index contributed by atoms with van der Waals surface area (Å²) >= 11 is 16.2. The van der Waals surface area contributed by atoms with E-state index in [-0.39, 0.29) is 6.42 Å². The molecule has 0 aliphatic carbocycles. The Hall–Kier alpha value is -1.18. The number of halogens is 3. The molecule has 0 saturated carbocycles. The molecule has 2 amide bonds. The van der Waals surface area contributed by atoms with Crippen LogP contribution in [0.1, 0.15) is 13.3 Å². The Morgan fingerprint density at radius 2 is 1.90 bits per heavy atom. The van der Waals surface area contributed by atoms with Crippen LogP contribution in [0.4, 0.5) is 4.79 Å². The molecule has 0 saturated heterocycles. The summed E-state index contributed by atoms with van der Waals surface area (Å²) < 4.78 is 2.84. The highest BCUT2D eigenvalue weighted by Gasteiger charge is 2.26. The first-order chi connectivity index (χ1) is 9.56. The summed E-state index contributed by atoms with van der Waals surface area (Å²) in [7, 11) is 0. The van der Waals surface area contributed by atoms with Crippen LogP contribution >= 0.6 is 34.8 Å². The zero-order valence-corrected chi connectivity index (χ0v) is 13.3. The molecule has 120 valence electrons. The fraction of sp³-hybridized carbons (Fsp3) is 0.545. The van der Waals surface area contributed by atoms with Crippen molar-refractivity contribution in [2.45, 2.75) is 29.2 Å². The topological polar surface area (TPSA) is 105 Å². The number of alkyl carbamates (subject to hydrolysis) is 1. The quantitative estimate of drug-likeness (QED) is 0.472. The van der Waals surface area contributed by atoms with Crippen molar-refractivity contribution in [3.63, 3.8) is 0 Å². The standard InChI is InChI=1S/C11H15Cl3N2O5/c1-3-4-7(8(17)15-6(2)9(18)19)16-10(20)21-5-11(12,13)14/h3,6-7H,1,4-5H2,2H3,(H,15,17)(H,16,20)(H,18,19)/t6-,7+/m1/s1. The molecule has 10 heteroatoms. The Bertz CT molecular complexity index is 411. The van der Waals surface area contributed by atoms with Crippen molar-refractivity contribution >= 4 is 52.8 Å². The maximum absolute atomic E-state index is 11.8. The number of rotatable bonds is 7. The van der Waals surface area contributed by atoms with Gasteiger partial charge in [0.05, 0.1) is 0 Å². The van der Waals surface area contributed by atoms with Crippen molar-refractivity contribution in [1.29, 1.82) is 0 Å². The van der Waals surface area contributed by atoms with Crippen LogP contribution in [0, 0.1) is 0 Å². The molecule has 0 heterocycles. The van der Waals surface area contributed by atoms with E-state index < -0.39 is 40.5 Å². The van der Waals surface area contributed by atoms with E-state index in [9.17, 15) is 14.4 Å². The SMILES string of the molecule is C=CC[C@H](NC(=O)OCC(Cl)(Cl)Cl)C(=O)N[C@H](C)C(=O)O. The van der Waals surface area contributed by atoms with Crippen molar-refractivity contribution < 1.29 is 24.2 Å². The highest BCUT2D eigenvalue weighted by atomic mass is 35.6. The van der Waals surface area contributed by atoms with Gasteiger partial charge in [-0.1, -0.05) is 40.9 Å². The van der Waals surface area contributed by atoms with Crippen molar-refractivity contribution in [1.82, 2.24) is 10.6 Å². The lowest BCUT2D eigenvalue weighted by Gasteiger charge is -2.19. The van der Waals surface area contributed by atoms with Crippen LogP contribution in [-0.2, 0) is 14.3 Å². The third kappa shape index (κ3) is 9.38. The number of carbonyl (C=O) groups excluding carboxylic acids is 2. The first kappa shape index (κ1) is 19.8. The predicted molar refractivity (Wildman–Crippen MR) is 78.6 cm³/mol. The van der Waals surface area contributed by atoms with E-state index in [0.717, 1.165) is 0 Å². The van der Waals surface area contributed by atoms with Crippen molar-refractivity contribution in [3.8, 4) is 0 Å². The summed E-state index contributed by atoms with van der Waals surface area (Å²) in [4.78, 5) is 33.9. The Kier molecular flexibility index (Phi) is 8.46. The average Bonchev–Trinajstić information content (AvgIpc) is 2.34. The number of hydrogen-bond donors (Lipinski definition) is 3. The number of aliphatic carboxylic acids is 1. The lowest BCUT2D eigenvalue weighted by Crippen LogP contribution is -2.50. The average molecular weight is 362 g/mol. The van der Waals surface area contributed by atoms with E-state index in [2.05, 4.69) is 21.9 Å². The number of carboxylic acid groups (broad SMARTS) is 1. The van der Waals surface area contributed by atoms with Gasteiger partial charge in [0.25, 0.3) is 0 Å². The van der Waals surface area contributed by atoms with Crippen LogP contribution < -0.4 is 10.6 Å². The molecule has 0 rings (SSSR count). The molecule has 0 aliphatic heterocycles. The van der Waals surface area contributed by atoms with Crippen LogP contribution in [0.3, 0.4) is 0 Å². The van der Waals surface area contributed by atoms with Crippen molar-refractivity contribution in [2.75, 3.05) is 6.61 Å². The summed E-state index contributed by atoms with van der Waals surface area (Å²) in [6.07, 6.45) is 0.470. The minimum atomic E-state index is -1.77. The number of alkyl halides is 3. The molecule has 0 bridgehead atoms. The van der Waals surface area contributed by atoms with Gasteiger partial charge in [-0.3, -0.25) is 9.59 Å². The Balaban J connectivity index is 4.54. The van der Waals surface area contributed by atoms with Gasteiger partial charge in [0.2, 0.25) is 9.70 Å². The first-order valence-electron chi connectivity index (χ1n) is 5.71.